The second-order valence-corrected chi connectivity index (χ2v) is 10.6. The van der Waals surface area contributed by atoms with Crippen molar-refractivity contribution in [3.63, 3.8) is 0 Å². The molecule has 0 spiro atoms. The standard InChI is InChI=1S/C36H44O4/c1-4-6-8-10-14-24-38-33-26-31(36(37)40-32-23-17-20-28-19-12-13-21-29(28)32)35(39-25-15-11-9-7-5-2)30-22-16-18-27(3)34(30)33/h12-13,16-23,26H,4-11,14-15,24-25H2,1-3H3. The molecular weight excluding hydrogens is 496 g/mol. The van der Waals surface area contributed by atoms with Gasteiger partial charge in [0.05, 0.1) is 13.2 Å². The molecule has 0 heterocycles. The first kappa shape index (κ1) is 29.5. The number of hydrogen-bond acceptors (Lipinski definition) is 4. The average Bonchev–Trinajstić information content (AvgIpc) is 2.97. The number of carbonyl (C=O) groups excluding carboxylic acids is 1. The highest BCUT2D eigenvalue weighted by atomic mass is 16.5. The molecule has 0 N–H and O–H groups in total. The van der Waals surface area contributed by atoms with Crippen LogP contribution in [0.3, 0.4) is 0 Å². The molecule has 0 fully saturated rings. The number of unbranched alkanes of at least 4 members (excludes halogenated alkanes) is 8. The molecule has 0 saturated heterocycles. The van der Waals surface area contributed by atoms with Crippen LogP contribution in [0.4, 0.5) is 0 Å². The van der Waals surface area contributed by atoms with Gasteiger partial charge in [0, 0.05) is 16.2 Å². The van der Waals surface area contributed by atoms with E-state index in [1.165, 1.54) is 38.5 Å². The van der Waals surface area contributed by atoms with Crippen molar-refractivity contribution in [3.8, 4) is 17.2 Å². The van der Waals surface area contributed by atoms with Crippen molar-refractivity contribution in [3.05, 3.63) is 77.9 Å². The zero-order valence-electron chi connectivity index (χ0n) is 24.5. The van der Waals surface area contributed by atoms with E-state index in [1.54, 1.807) is 0 Å². The van der Waals surface area contributed by atoms with E-state index in [0.29, 0.717) is 36.0 Å². The molecule has 4 heteroatoms. The van der Waals surface area contributed by atoms with Crippen LogP contribution in [0.5, 0.6) is 17.2 Å². The molecule has 40 heavy (non-hydrogen) atoms. The minimum atomic E-state index is -0.437. The zero-order valence-corrected chi connectivity index (χ0v) is 24.5. The number of fused-ring (bicyclic) bond motifs is 2. The fourth-order valence-electron chi connectivity index (χ4n) is 5.23. The molecule has 0 aliphatic carbocycles. The lowest BCUT2D eigenvalue weighted by atomic mass is 10.00. The first-order chi connectivity index (χ1) is 19.6. The maximum atomic E-state index is 13.8. The Balaban J connectivity index is 1.67. The minimum Gasteiger partial charge on any atom is -0.493 e. The van der Waals surface area contributed by atoms with E-state index in [2.05, 4.69) is 26.8 Å². The van der Waals surface area contributed by atoms with Gasteiger partial charge in [-0.3, -0.25) is 0 Å². The molecule has 212 valence electrons. The van der Waals surface area contributed by atoms with Gasteiger partial charge in [0.2, 0.25) is 0 Å². The van der Waals surface area contributed by atoms with E-state index < -0.39 is 5.97 Å². The third kappa shape index (κ3) is 7.56. The van der Waals surface area contributed by atoms with Crippen LogP contribution in [-0.4, -0.2) is 19.2 Å². The van der Waals surface area contributed by atoms with Crippen LogP contribution in [0.2, 0.25) is 0 Å². The summed E-state index contributed by atoms with van der Waals surface area (Å²) in [7, 11) is 0. The van der Waals surface area contributed by atoms with E-state index in [0.717, 1.165) is 52.8 Å². The lowest BCUT2D eigenvalue weighted by Gasteiger charge is -2.19. The predicted molar refractivity (Wildman–Crippen MR) is 166 cm³/mol. The second kappa shape index (κ2) is 15.3. The molecule has 0 radical (unpaired) electrons. The van der Waals surface area contributed by atoms with Gasteiger partial charge in [0.25, 0.3) is 0 Å². The highest BCUT2D eigenvalue weighted by Crippen LogP contribution is 2.40. The summed E-state index contributed by atoms with van der Waals surface area (Å²) in [6.07, 6.45) is 11.5. The van der Waals surface area contributed by atoms with Gasteiger partial charge >= 0.3 is 5.97 Å². The summed E-state index contributed by atoms with van der Waals surface area (Å²) in [4.78, 5) is 13.8. The Kier molecular flexibility index (Phi) is 11.3. The first-order valence-electron chi connectivity index (χ1n) is 15.2. The van der Waals surface area contributed by atoms with Crippen LogP contribution in [0, 0.1) is 6.92 Å². The summed E-state index contributed by atoms with van der Waals surface area (Å²) >= 11 is 0. The third-order valence-corrected chi connectivity index (χ3v) is 7.46. The van der Waals surface area contributed by atoms with Gasteiger partial charge < -0.3 is 14.2 Å². The second-order valence-electron chi connectivity index (χ2n) is 10.6. The van der Waals surface area contributed by atoms with Crippen molar-refractivity contribution in [2.45, 2.75) is 85.0 Å². The summed E-state index contributed by atoms with van der Waals surface area (Å²) in [5.41, 5.74) is 1.50. The molecule has 0 aliphatic rings. The van der Waals surface area contributed by atoms with Gasteiger partial charge in [-0.25, -0.2) is 4.79 Å². The number of benzene rings is 4. The van der Waals surface area contributed by atoms with E-state index in [4.69, 9.17) is 14.2 Å². The maximum absolute atomic E-state index is 13.8. The van der Waals surface area contributed by atoms with Gasteiger partial charge in [-0.1, -0.05) is 120 Å². The van der Waals surface area contributed by atoms with Gasteiger partial charge in [-0.05, 0) is 42.8 Å². The van der Waals surface area contributed by atoms with Crippen LogP contribution >= 0.6 is 0 Å². The molecule has 0 aliphatic heterocycles. The molecular formula is C36H44O4. The smallest absolute Gasteiger partial charge is 0.347 e. The monoisotopic (exact) mass is 540 g/mol. The largest absolute Gasteiger partial charge is 0.493 e. The fraction of sp³-hybridized carbons (Fsp3) is 0.417. The topological polar surface area (TPSA) is 44.8 Å². The summed E-state index contributed by atoms with van der Waals surface area (Å²) in [5.74, 6) is 1.39. The lowest BCUT2D eigenvalue weighted by molar-refractivity contribution is 0.0732. The van der Waals surface area contributed by atoms with Crippen molar-refractivity contribution >= 4 is 27.5 Å². The zero-order chi connectivity index (χ0) is 28.2. The fourth-order valence-corrected chi connectivity index (χ4v) is 5.23. The third-order valence-electron chi connectivity index (χ3n) is 7.46. The van der Waals surface area contributed by atoms with Crippen molar-refractivity contribution < 1.29 is 19.0 Å². The molecule has 0 aromatic heterocycles. The summed E-state index contributed by atoms with van der Waals surface area (Å²) in [6.45, 7) is 7.69. The Morgan fingerprint density at radius 2 is 1.27 bits per heavy atom. The normalized spacial score (nSPS) is 11.2. The van der Waals surface area contributed by atoms with Gasteiger partial charge in [-0.15, -0.1) is 0 Å². The van der Waals surface area contributed by atoms with Crippen molar-refractivity contribution in [2.24, 2.45) is 0 Å². The molecule has 4 aromatic carbocycles. The molecule has 0 atom stereocenters. The van der Waals surface area contributed by atoms with Gasteiger partial charge in [0.15, 0.2) is 0 Å². The summed E-state index contributed by atoms with van der Waals surface area (Å²) in [6, 6.07) is 21.7. The van der Waals surface area contributed by atoms with E-state index in [-0.39, 0.29) is 0 Å². The highest BCUT2D eigenvalue weighted by molar-refractivity contribution is 6.06. The molecule has 0 bridgehead atoms. The number of ether oxygens (including phenoxy) is 3. The van der Waals surface area contributed by atoms with E-state index in [9.17, 15) is 4.79 Å². The van der Waals surface area contributed by atoms with Crippen LogP contribution in [-0.2, 0) is 0 Å². The van der Waals surface area contributed by atoms with Crippen LogP contribution in [0.25, 0.3) is 21.5 Å². The molecule has 4 rings (SSSR count). The Hall–Kier alpha value is -3.53. The van der Waals surface area contributed by atoms with E-state index >= 15 is 0 Å². The molecule has 0 amide bonds. The quantitative estimate of drug-likeness (QED) is 0.0805. The first-order valence-corrected chi connectivity index (χ1v) is 15.2. The molecule has 0 saturated carbocycles. The van der Waals surface area contributed by atoms with Crippen molar-refractivity contribution in [1.82, 2.24) is 0 Å². The summed E-state index contributed by atoms with van der Waals surface area (Å²) < 4.78 is 18.8. The Morgan fingerprint density at radius 3 is 2.02 bits per heavy atom. The maximum Gasteiger partial charge on any atom is 0.347 e. The lowest BCUT2D eigenvalue weighted by Crippen LogP contribution is -2.13. The van der Waals surface area contributed by atoms with Crippen LogP contribution in [0.1, 0.15) is 94.0 Å². The number of hydrogen-bond donors (Lipinski definition) is 0. The molecule has 0 unspecified atom stereocenters. The van der Waals surface area contributed by atoms with E-state index in [1.807, 2.05) is 60.7 Å². The number of carbonyl (C=O) groups is 1. The Morgan fingerprint density at radius 1 is 0.650 bits per heavy atom. The minimum absolute atomic E-state index is 0.403. The number of aryl methyl sites for hydroxylation is 1. The molecule has 4 nitrogen and oxygen atoms in total. The van der Waals surface area contributed by atoms with Crippen LogP contribution in [0.15, 0.2) is 66.7 Å². The number of esters is 1. The number of rotatable bonds is 16. The van der Waals surface area contributed by atoms with Crippen molar-refractivity contribution in [2.75, 3.05) is 13.2 Å². The van der Waals surface area contributed by atoms with Gasteiger partial charge in [-0.2, -0.15) is 0 Å². The Bertz CT molecular complexity index is 1390. The van der Waals surface area contributed by atoms with Crippen molar-refractivity contribution in [1.29, 1.82) is 0 Å². The van der Waals surface area contributed by atoms with Crippen LogP contribution < -0.4 is 14.2 Å². The molecule has 4 aromatic rings. The Labute approximate surface area is 239 Å². The SMILES string of the molecule is CCCCCCCOc1c(C(=O)Oc2cccc3ccccc23)cc(OCCCCCCC)c2c(C)cccc12. The summed E-state index contributed by atoms with van der Waals surface area (Å²) in [5, 5.41) is 3.81. The highest BCUT2D eigenvalue weighted by Gasteiger charge is 2.23. The average molecular weight is 541 g/mol. The van der Waals surface area contributed by atoms with Gasteiger partial charge in [0.1, 0.15) is 22.8 Å². The predicted octanol–water partition coefficient (Wildman–Crippen LogP) is 10.2.